The van der Waals surface area contributed by atoms with E-state index in [4.69, 9.17) is 5.73 Å². The molecule has 330 valence electrons. The molecule has 0 unspecified atom stereocenters. The molecule has 0 fully saturated rings. The van der Waals surface area contributed by atoms with Crippen LogP contribution in [0.5, 0.6) is 0 Å². The number of nitrogens with one attached hydrogen (secondary N) is 3. The Kier molecular flexibility index (Phi) is 10.6. The van der Waals surface area contributed by atoms with Crippen molar-refractivity contribution in [3.05, 3.63) is 135 Å². The van der Waals surface area contributed by atoms with Crippen molar-refractivity contribution in [1.82, 2.24) is 19.5 Å². The van der Waals surface area contributed by atoms with E-state index >= 15 is 0 Å². The van der Waals surface area contributed by atoms with Crippen LogP contribution in [-0.2, 0) is 37.4 Å². The zero-order valence-electron chi connectivity index (χ0n) is 32.7. The summed E-state index contributed by atoms with van der Waals surface area (Å²) in [5.41, 5.74) is 2.42. The first-order valence-electron chi connectivity index (χ1n) is 18.3. The van der Waals surface area contributed by atoms with E-state index in [2.05, 4.69) is 30.9 Å². The van der Waals surface area contributed by atoms with Gasteiger partial charge in [-0.1, -0.05) is 48.5 Å². The summed E-state index contributed by atoms with van der Waals surface area (Å²) < 4.78 is 107. The van der Waals surface area contributed by atoms with Gasteiger partial charge in [0.05, 0.1) is 49.9 Å². The molecule has 0 aliphatic heterocycles. The molecule has 8 rings (SSSR count). The highest BCUT2D eigenvalue weighted by Crippen LogP contribution is 2.45. The largest absolute Gasteiger partial charge is 0.478 e. The molecule has 0 saturated carbocycles. The first-order valence-corrected chi connectivity index (χ1v) is 22.6. The van der Waals surface area contributed by atoms with Crippen LogP contribution < -0.4 is 27.2 Å². The van der Waals surface area contributed by atoms with E-state index in [-0.39, 0.29) is 61.6 Å². The SMILES string of the molecule is Cn1c(=O)c(C(=O)c2cccc(S(=O)(=O)O)c2)c2c3c(c(Nc4cc(Nc5nc(N)nc(Nc6ccccc6C(=O)O)n5)c(S(=O)(=O)O)cc4S(=O)(=O)O)ccc31)C(=O)c1ccccc1-2. The highest BCUT2D eigenvalue weighted by atomic mass is 32.2. The molecule has 0 saturated heterocycles. The number of nitrogens with zero attached hydrogens (tertiary/aromatic N) is 4. The molecule has 1 aliphatic rings. The van der Waals surface area contributed by atoms with E-state index in [9.17, 15) is 63.2 Å². The maximum atomic E-state index is 14.6. The number of rotatable bonds is 12. The Bertz CT molecular complexity index is 3690. The number of nitrogens with two attached hydrogens (primary N) is 1. The molecule has 0 atom stereocenters. The van der Waals surface area contributed by atoms with E-state index in [1.807, 2.05) is 0 Å². The third kappa shape index (κ3) is 8.01. The molecule has 2 aromatic heterocycles. The number of aryl methyl sites for hydroxylation is 1. The molecule has 0 bridgehead atoms. The standard InChI is InChI=1S/C40H28N8O14S3/c1-48-27-14-13-24(31-32(27)30(20-9-2-3-10-21(20)35(31)50)33(36(48)51)34(49)18-7-6-8-19(15-18)63(54,55)56)42-25-16-26(29(65(60,61)62)17-28(25)64(57,58)59)44-40-46-38(41)45-39(47-40)43-23-12-5-4-11-22(23)37(52)53/h2-17,42H,1H3,(H,52,53)(H,54,55,56)(H,57,58,59)(H,60,61,62)(H4,41,43,44,45,46,47). The van der Waals surface area contributed by atoms with Gasteiger partial charge in [0.25, 0.3) is 35.9 Å². The third-order valence-electron chi connectivity index (χ3n) is 10.1. The van der Waals surface area contributed by atoms with Crippen LogP contribution in [0.3, 0.4) is 0 Å². The number of aromatic nitrogens is 4. The molecule has 2 heterocycles. The molecule has 65 heavy (non-hydrogen) atoms. The predicted molar refractivity (Wildman–Crippen MR) is 231 cm³/mol. The van der Waals surface area contributed by atoms with Gasteiger partial charge in [0, 0.05) is 29.1 Å². The molecule has 7 aromatic rings. The quantitative estimate of drug-likeness (QED) is 0.0620. The van der Waals surface area contributed by atoms with Gasteiger partial charge in [-0.25, -0.2) is 4.79 Å². The van der Waals surface area contributed by atoms with Crippen LogP contribution in [0.4, 0.5) is 40.6 Å². The smallest absolute Gasteiger partial charge is 0.337 e. The minimum absolute atomic E-state index is 0.0124. The lowest BCUT2D eigenvalue weighted by atomic mass is 9.80. The molecule has 0 amide bonds. The van der Waals surface area contributed by atoms with Gasteiger partial charge >= 0.3 is 5.97 Å². The van der Waals surface area contributed by atoms with Crippen LogP contribution in [0, 0.1) is 0 Å². The van der Waals surface area contributed by atoms with Gasteiger partial charge in [-0.05, 0) is 54.1 Å². The van der Waals surface area contributed by atoms with Gasteiger partial charge in [0.15, 0.2) is 11.6 Å². The van der Waals surface area contributed by atoms with Crippen molar-refractivity contribution in [1.29, 1.82) is 0 Å². The maximum Gasteiger partial charge on any atom is 0.337 e. The molecule has 0 radical (unpaired) electrons. The Morgan fingerprint density at radius 3 is 1.86 bits per heavy atom. The second-order valence-corrected chi connectivity index (χ2v) is 18.3. The number of hydrogen-bond acceptors (Lipinski definition) is 17. The van der Waals surface area contributed by atoms with Crippen LogP contribution in [0.15, 0.2) is 117 Å². The summed E-state index contributed by atoms with van der Waals surface area (Å²) in [4.78, 5) is 63.8. The number of pyridine rings is 1. The van der Waals surface area contributed by atoms with Crippen LogP contribution >= 0.6 is 0 Å². The molecule has 25 heteroatoms. The number of anilines is 7. The molecule has 5 aromatic carbocycles. The summed E-state index contributed by atoms with van der Waals surface area (Å²) in [6.07, 6.45) is 0. The normalized spacial score (nSPS) is 12.4. The number of carboxylic acid groups (broad SMARTS) is 1. The van der Waals surface area contributed by atoms with Gasteiger partial charge in [0.2, 0.25) is 17.8 Å². The third-order valence-corrected chi connectivity index (χ3v) is 12.7. The Balaban J connectivity index is 1.33. The van der Waals surface area contributed by atoms with Crippen LogP contribution in [0.1, 0.15) is 42.2 Å². The van der Waals surface area contributed by atoms with E-state index in [0.29, 0.717) is 6.07 Å². The minimum atomic E-state index is -5.40. The molecule has 9 N–H and O–H groups in total. The van der Waals surface area contributed by atoms with Crippen molar-refractivity contribution in [3.63, 3.8) is 0 Å². The van der Waals surface area contributed by atoms with Gasteiger partial charge in [-0.2, -0.15) is 40.2 Å². The molecule has 1 aliphatic carbocycles. The highest BCUT2D eigenvalue weighted by Gasteiger charge is 2.35. The summed E-state index contributed by atoms with van der Waals surface area (Å²) >= 11 is 0. The monoisotopic (exact) mass is 940 g/mol. The topological polar surface area (TPSA) is 357 Å². The van der Waals surface area contributed by atoms with Crippen molar-refractivity contribution in [2.75, 3.05) is 21.7 Å². The average Bonchev–Trinajstić information content (AvgIpc) is 3.23. The van der Waals surface area contributed by atoms with E-state index in [1.54, 1.807) is 0 Å². The average molecular weight is 941 g/mol. The number of ketones is 2. The lowest BCUT2D eigenvalue weighted by Gasteiger charge is -2.26. The highest BCUT2D eigenvalue weighted by molar-refractivity contribution is 7.87. The first kappa shape index (κ1) is 43.7. The number of fused-ring (bicyclic) bond motifs is 2. The summed E-state index contributed by atoms with van der Waals surface area (Å²) in [6.45, 7) is 0. The number of benzene rings is 5. The number of nitrogen functional groups attached to an aromatic ring is 1. The lowest BCUT2D eigenvalue weighted by Crippen LogP contribution is -2.29. The summed E-state index contributed by atoms with van der Waals surface area (Å²) in [6, 6.07) is 19.6. The van der Waals surface area contributed by atoms with Gasteiger partial charge in [0.1, 0.15) is 9.79 Å². The lowest BCUT2D eigenvalue weighted by molar-refractivity contribution is 0.0697. The molecule has 22 nitrogen and oxygen atoms in total. The van der Waals surface area contributed by atoms with Crippen molar-refractivity contribution in [3.8, 4) is 11.1 Å². The Morgan fingerprint density at radius 2 is 1.23 bits per heavy atom. The van der Waals surface area contributed by atoms with Crippen molar-refractivity contribution < 1.29 is 58.4 Å². The zero-order valence-corrected chi connectivity index (χ0v) is 35.1. The Labute approximate surface area is 365 Å². The summed E-state index contributed by atoms with van der Waals surface area (Å²) in [5, 5.41) is 17.5. The fourth-order valence-electron chi connectivity index (χ4n) is 7.28. The van der Waals surface area contributed by atoms with E-state index in [0.717, 1.165) is 22.8 Å². The van der Waals surface area contributed by atoms with E-state index in [1.165, 1.54) is 79.8 Å². The van der Waals surface area contributed by atoms with Crippen molar-refractivity contribution in [2.45, 2.75) is 14.7 Å². The van der Waals surface area contributed by atoms with Crippen LogP contribution in [0.25, 0.3) is 22.0 Å². The van der Waals surface area contributed by atoms with Gasteiger partial charge in [-0.3, -0.25) is 28.0 Å². The zero-order chi connectivity index (χ0) is 46.9. The number of aromatic carboxylic acids is 1. The van der Waals surface area contributed by atoms with E-state index < -0.39 is 97.0 Å². The van der Waals surface area contributed by atoms with Crippen molar-refractivity contribution >= 4 is 99.4 Å². The second kappa shape index (κ2) is 15.7. The second-order valence-electron chi connectivity index (χ2n) is 14.1. The molecule has 0 spiro atoms. The fraction of sp³-hybridized carbons (Fsp3) is 0.0250. The number of carboxylic acids is 1. The van der Waals surface area contributed by atoms with Gasteiger partial charge < -0.3 is 31.4 Å². The number of para-hydroxylation sites is 1. The molecular weight excluding hydrogens is 913 g/mol. The number of carbonyl (C=O) groups is 3. The summed E-state index contributed by atoms with van der Waals surface area (Å²) in [7, 11) is -14.3. The minimum Gasteiger partial charge on any atom is -0.478 e. The first-order chi connectivity index (χ1) is 30.5. The van der Waals surface area contributed by atoms with Crippen LogP contribution in [0.2, 0.25) is 0 Å². The fourth-order valence-corrected chi connectivity index (χ4v) is 9.19. The number of hydrogen-bond donors (Lipinski definition) is 8. The summed E-state index contributed by atoms with van der Waals surface area (Å²) in [5.74, 6) is -4.37. The van der Waals surface area contributed by atoms with Gasteiger partial charge in [-0.15, -0.1) is 0 Å². The van der Waals surface area contributed by atoms with Crippen LogP contribution in [-0.4, -0.2) is 81.1 Å². The predicted octanol–water partition coefficient (Wildman–Crippen LogP) is 4.42. The van der Waals surface area contributed by atoms with Crippen molar-refractivity contribution in [2.24, 2.45) is 7.05 Å². The Hall–Kier alpha value is -7.94. The maximum absolute atomic E-state index is 14.6. The Morgan fingerprint density at radius 1 is 0.631 bits per heavy atom. The number of carbonyl (C=O) groups excluding carboxylic acids is 2. The molecular formula is C40H28N8O14S3.